The molecular weight excluding hydrogens is 270 g/mol. The lowest BCUT2D eigenvalue weighted by Gasteiger charge is -2.37. The summed E-state index contributed by atoms with van der Waals surface area (Å²) in [6.07, 6.45) is 1.71. The van der Waals surface area contributed by atoms with Crippen LogP contribution in [-0.2, 0) is 11.3 Å². The van der Waals surface area contributed by atoms with Crippen molar-refractivity contribution >= 4 is 17.2 Å². The van der Waals surface area contributed by atoms with Crippen molar-refractivity contribution in [3.05, 3.63) is 35.0 Å². The van der Waals surface area contributed by atoms with Gasteiger partial charge in [0, 0.05) is 44.1 Å². The highest BCUT2D eigenvalue weighted by Gasteiger charge is 2.25. The molecule has 110 valence electrons. The van der Waals surface area contributed by atoms with E-state index in [-0.39, 0.29) is 11.9 Å². The lowest BCUT2D eigenvalue weighted by Crippen LogP contribution is -2.53. The molecule has 0 aromatic carbocycles. The van der Waals surface area contributed by atoms with Crippen LogP contribution < -0.4 is 5.32 Å². The molecule has 1 amide bonds. The Labute approximate surface area is 125 Å². The second-order valence-electron chi connectivity index (χ2n) is 5.10. The summed E-state index contributed by atoms with van der Waals surface area (Å²) in [5, 5.41) is 4.99. The summed E-state index contributed by atoms with van der Waals surface area (Å²) in [6.45, 7) is 11.1. The number of carbonyl (C=O) groups excluding carboxylic acids is 1. The fourth-order valence-corrected chi connectivity index (χ4v) is 3.16. The first-order valence-corrected chi connectivity index (χ1v) is 7.96. The van der Waals surface area contributed by atoms with Gasteiger partial charge in [0.15, 0.2) is 0 Å². The van der Waals surface area contributed by atoms with Crippen molar-refractivity contribution in [2.24, 2.45) is 0 Å². The molecule has 5 heteroatoms. The minimum absolute atomic E-state index is 0.0566. The van der Waals surface area contributed by atoms with Gasteiger partial charge in [0.1, 0.15) is 0 Å². The largest absolute Gasteiger partial charge is 0.351 e. The fourth-order valence-electron chi connectivity index (χ4n) is 2.42. The smallest absolute Gasteiger partial charge is 0.237 e. The van der Waals surface area contributed by atoms with Gasteiger partial charge < -0.3 is 5.32 Å². The Morgan fingerprint density at radius 3 is 2.85 bits per heavy atom. The van der Waals surface area contributed by atoms with E-state index >= 15 is 0 Å². The van der Waals surface area contributed by atoms with E-state index in [4.69, 9.17) is 0 Å². The van der Waals surface area contributed by atoms with Crippen LogP contribution in [0.3, 0.4) is 0 Å². The van der Waals surface area contributed by atoms with Crippen molar-refractivity contribution in [1.82, 2.24) is 15.1 Å². The number of nitrogens with one attached hydrogen (secondary N) is 1. The summed E-state index contributed by atoms with van der Waals surface area (Å²) in [7, 11) is 0. The van der Waals surface area contributed by atoms with Gasteiger partial charge in [0.2, 0.25) is 5.91 Å². The monoisotopic (exact) mass is 293 g/mol. The molecule has 1 fully saturated rings. The standard InChI is InChI=1S/C15H23N3OS/c1-3-6-16-15(19)13(2)18-9-7-17(8-10-18)12-14-5-4-11-20-14/h3-5,11,13H,1,6-10,12H2,2H3,(H,16,19). The third-order valence-corrected chi connectivity index (χ3v) is 4.58. The van der Waals surface area contributed by atoms with Crippen molar-refractivity contribution < 1.29 is 4.79 Å². The molecule has 1 aromatic rings. The van der Waals surface area contributed by atoms with Gasteiger partial charge in [-0.2, -0.15) is 0 Å². The first kappa shape index (κ1) is 15.2. The lowest BCUT2D eigenvalue weighted by molar-refractivity contribution is -0.126. The molecule has 20 heavy (non-hydrogen) atoms. The molecule has 1 aromatic heterocycles. The number of amides is 1. The van der Waals surface area contributed by atoms with Crippen LogP contribution in [-0.4, -0.2) is 54.5 Å². The van der Waals surface area contributed by atoms with E-state index in [1.165, 1.54) is 4.88 Å². The van der Waals surface area contributed by atoms with E-state index in [0.717, 1.165) is 32.7 Å². The van der Waals surface area contributed by atoms with Crippen LogP contribution in [0, 0.1) is 0 Å². The zero-order chi connectivity index (χ0) is 14.4. The maximum atomic E-state index is 11.9. The van der Waals surface area contributed by atoms with Gasteiger partial charge in [-0.05, 0) is 18.4 Å². The summed E-state index contributed by atoms with van der Waals surface area (Å²) < 4.78 is 0. The van der Waals surface area contributed by atoms with Gasteiger partial charge in [-0.25, -0.2) is 0 Å². The average molecular weight is 293 g/mol. The predicted octanol–water partition coefficient (Wildman–Crippen LogP) is 1.56. The number of rotatable bonds is 6. The van der Waals surface area contributed by atoms with Crippen LogP contribution in [0.2, 0.25) is 0 Å². The zero-order valence-corrected chi connectivity index (χ0v) is 12.9. The van der Waals surface area contributed by atoms with E-state index in [2.05, 4.69) is 39.2 Å². The minimum atomic E-state index is -0.0566. The van der Waals surface area contributed by atoms with Crippen LogP contribution in [0.5, 0.6) is 0 Å². The van der Waals surface area contributed by atoms with Crippen LogP contribution in [0.25, 0.3) is 0 Å². The summed E-state index contributed by atoms with van der Waals surface area (Å²) in [6, 6.07) is 4.23. The highest BCUT2D eigenvalue weighted by molar-refractivity contribution is 7.09. The highest BCUT2D eigenvalue weighted by atomic mass is 32.1. The van der Waals surface area contributed by atoms with E-state index in [0.29, 0.717) is 6.54 Å². The van der Waals surface area contributed by atoms with Crippen molar-refractivity contribution in [3.63, 3.8) is 0 Å². The van der Waals surface area contributed by atoms with E-state index < -0.39 is 0 Å². The predicted molar refractivity (Wildman–Crippen MR) is 83.8 cm³/mol. The fraction of sp³-hybridized carbons (Fsp3) is 0.533. The third kappa shape index (κ3) is 4.16. The second kappa shape index (κ2) is 7.57. The molecule has 0 aliphatic carbocycles. The molecule has 0 bridgehead atoms. The molecule has 1 atom stereocenters. The van der Waals surface area contributed by atoms with Gasteiger partial charge in [-0.3, -0.25) is 14.6 Å². The van der Waals surface area contributed by atoms with Crippen LogP contribution >= 0.6 is 11.3 Å². The highest BCUT2D eigenvalue weighted by Crippen LogP contribution is 2.14. The van der Waals surface area contributed by atoms with Gasteiger partial charge in [0.05, 0.1) is 6.04 Å². The molecule has 1 N–H and O–H groups in total. The van der Waals surface area contributed by atoms with Gasteiger partial charge in [0.25, 0.3) is 0 Å². The molecule has 1 aliphatic rings. The Balaban J connectivity index is 1.75. The third-order valence-electron chi connectivity index (χ3n) is 3.71. The molecule has 0 radical (unpaired) electrons. The molecule has 2 rings (SSSR count). The first-order valence-electron chi connectivity index (χ1n) is 7.08. The Kier molecular flexibility index (Phi) is 5.76. The van der Waals surface area contributed by atoms with Crippen molar-refractivity contribution in [1.29, 1.82) is 0 Å². The van der Waals surface area contributed by atoms with Crippen LogP contribution in [0.1, 0.15) is 11.8 Å². The van der Waals surface area contributed by atoms with Crippen LogP contribution in [0.15, 0.2) is 30.2 Å². The molecule has 0 saturated carbocycles. The number of hydrogen-bond acceptors (Lipinski definition) is 4. The first-order chi connectivity index (χ1) is 9.70. The molecule has 2 heterocycles. The summed E-state index contributed by atoms with van der Waals surface area (Å²) in [5.41, 5.74) is 0. The average Bonchev–Trinajstić information content (AvgIpc) is 2.97. The van der Waals surface area contributed by atoms with Gasteiger partial charge in [-0.15, -0.1) is 17.9 Å². The van der Waals surface area contributed by atoms with Crippen molar-refractivity contribution in [2.45, 2.75) is 19.5 Å². The zero-order valence-electron chi connectivity index (χ0n) is 12.0. The van der Waals surface area contributed by atoms with Gasteiger partial charge in [-0.1, -0.05) is 12.1 Å². The maximum absolute atomic E-state index is 11.9. The summed E-state index contributed by atoms with van der Waals surface area (Å²) in [4.78, 5) is 18.0. The summed E-state index contributed by atoms with van der Waals surface area (Å²) >= 11 is 1.81. The minimum Gasteiger partial charge on any atom is -0.351 e. The maximum Gasteiger partial charge on any atom is 0.237 e. The molecule has 4 nitrogen and oxygen atoms in total. The Morgan fingerprint density at radius 2 is 2.25 bits per heavy atom. The van der Waals surface area contributed by atoms with Crippen molar-refractivity contribution in [3.8, 4) is 0 Å². The molecule has 1 aliphatic heterocycles. The Bertz CT molecular complexity index is 424. The number of thiophene rings is 1. The topological polar surface area (TPSA) is 35.6 Å². The normalized spacial score (nSPS) is 18.6. The van der Waals surface area contributed by atoms with E-state index in [9.17, 15) is 4.79 Å². The molecule has 1 saturated heterocycles. The quantitative estimate of drug-likeness (QED) is 0.809. The van der Waals surface area contributed by atoms with Gasteiger partial charge >= 0.3 is 0 Å². The Hall–Kier alpha value is -1.17. The van der Waals surface area contributed by atoms with Crippen molar-refractivity contribution in [2.75, 3.05) is 32.7 Å². The lowest BCUT2D eigenvalue weighted by atomic mass is 10.2. The SMILES string of the molecule is C=CCNC(=O)C(C)N1CCN(Cc2cccs2)CC1. The number of nitrogens with zero attached hydrogens (tertiary/aromatic N) is 2. The second-order valence-corrected chi connectivity index (χ2v) is 6.13. The summed E-state index contributed by atoms with van der Waals surface area (Å²) in [5.74, 6) is 0.0941. The Morgan fingerprint density at radius 1 is 1.50 bits per heavy atom. The van der Waals surface area contributed by atoms with E-state index in [1.807, 2.05) is 18.3 Å². The van der Waals surface area contributed by atoms with E-state index in [1.54, 1.807) is 6.08 Å². The number of carbonyl (C=O) groups is 1. The molecule has 1 unspecified atom stereocenters. The molecule has 0 spiro atoms. The van der Waals surface area contributed by atoms with Crippen LogP contribution in [0.4, 0.5) is 0 Å². The molecular formula is C15H23N3OS. The number of hydrogen-bond donors (Lipinski definition) is 1. The number of piperazine rings is 1.